The smallest absolute Gasteiger partial charge is 0.257 e. The van der Waals surface area contributed by atoms with E-state index >= 15 is 0 Å². The molecule has 92 valence electrons. The van der Waals surface area contributed by atoms with Gasteiger partial charge in [-0.2, -0.15) is 4.39 Å². The van der Waals surface area contributed by atoms with Gasteiger partial charge in [0.1, 0.15) is 0 Å². The average Bonchev–Trinajstić information content (AvgIpc) is 2.41. The van der Waals surface area contributed by atoms with Crippen LogP contribution in [0, 0.1) is 5.95 Å². The molecule has 0 saturated carbocycles. The summed E-state index contributed by atoms with van der Waals surface area (Å²) in [5.74, 6) is -0.850. The molecule has 4 nitrogen and oxygen atoms in total. The van der Waals surface area contributed by atoms with Crippen LogP contribution in [0.25, 0.3) is 0 Å². The summed E-state index contributed by atoms with van der Waals surface area (Å²) in [7, 11) is 1.74. The molecule has 0 bridgehead atoms. The van der Waals surface area contributed by atoms with Crippen LogP contribution >= 0.6 is 0 Å². The second-order valence-corrected chi connectivity index (χ2v) is 3.62. The highest BCUT2D eigenvalue weighted by molar-refractivity contribution is 6.07. The summed E-state index contributed by atoms with van der Waals surface area (Å²) in [6, 6.07) is 9.78. The molecule has 0 fully saturated rings. The largest absolute Gasteiger partial charge is 0.387 e. The lowest BCUT2D eigenvalue weighted by Crippen LogP contribution is -2.14. The number of rotatable bonds is 3. The van der Waals surface area contributed by atoms with Crippen LogP contribution in [0.4, 0.5) is 15.8 Å². The molecule has 18 heavy (non-hydrogen) atoms. The summed E-state index contributed by atoms with van der Waals surface area (Å²) in [5.41, 5.74) is 1.70. The predicted octanol–water partition coefficient (Wildman–Crippen LogP) is 2.51. The van der Waals surface area contributed by atoms with Gasteiger partial charge in [0.2, 0.25) is 5.95 Å². The molecule has 0 unspecified atom stereocenters. The van der Waals surface area contributed by atoms with Crippen LogP contribution in [0.5, 0.6) is 0 Å². The molecular weight excluding hydrogens is 233 g/mol. The Morgan fingerprint density at radius 2 is 2.00 bits per heavy atom. The zero-order chi connectivity index (χ0) is 13.0. The number of carbonyl (C=O) groups excluding carboxylic acids is 1. The summed E-state index contributed by atoms with van der Waals surface area (Å²) in [6.45, 7) is 0. The third kappa shape index (κ3) is 2.63. The second-order valence-electron chi connectivity index (χ2n) is 3.62. The fourth-order valence-electron chi connectivity index (χ4n) is 1.55. The average molecular weight is 245 g/mol. The number of halogens is 1. The molecule has 0 aliphatic heterocycles. The lowest BCUT2D eigenvalue weighted by atomic mass is 10.1. The van der Waals surface area contributed by atoms with E-state index in [0.717, 1.165) is 5.69 Å². The number of amides is 1. The Morgan fingerprint density at radius 1 is 1.22 bits per heavy atom. The number of nitrogens with zero attached hydrogens (tertiary/aromatic N) is 1. The molecule has 2 rings (SSSR count). The molecule has 1 aromatic heterocycles. The monoisotopic (exact) mass is 245 g/mol. The van der Waals surface area contributed by atoms with Crippen molar-refractivity contribution in [3.8, 4) is 0 Å². The molecule has 0 radical (unpaired) electrons. The van der Waals surface area contributed by atoms with Crippen molar-refractivity contribution in [2.24, 2.45) is 0 Å². The Balaban J connectivity index is 2.19. The maximum absolute atomic E-state index is 12.6. The van der Waals surface area contributed by atoms with Gasteiger partial charge >= 0.3 is 0 Å². The fraction of sp³-hybridized carbons (Fsp3) is 0.0769. The van der Waals surface area contributed by atoms with E-state index in [1.54, 1.807) is 25.2 Å². The van der Waals surface area contributed by atoms with Gasteiger partial charge in [-0.15, -0.1) is 0 Å². The van der Waals surface area contributed by atoms with Crippen molar-refractivity contribution in [2.75, 3.05) is 17.7 Å². The van der Waals surface area contributed by atoms with E-state index < -0.39 is 5.95 Å². The van der Waals surface area contributed by atoms with Gasteiger partial charge in [-0.05, 0) is 24.3 Å². The van der Waals surface area contributed by atoms with Gasteiger partial charge in [0.05, 0.1) is 17.4 Å². The van der Waals surface area contributed by atoms with Crippen molar-refractivity contribution >= 4 is 17.3 Å². The minimum absolute atomic E-state index is 0.270. The molecule has 2 N–H and O–H groups in total. The normalized spacial score (nSPS) is 9.89. The van der Waals surface area contributed by atoms with Crippen molar-refractivity contribution in [1.82, 2.24) is 4.98 Å². The van der Waals surface area contributed by atoms with E-state index in [1.807, 2.05) is 6.07 Å². The van der Waals surface area contributed by atoms with Gasteiger partial charge in [-0.1, -0.05) is 12.1 Å². The molecule has 0 aliphatic rings. The van der Waals surface area contributed by atoms with Crippen molar-refractivity contribution in [3.05, 3.63) is 54.1 Å². The quantitative estimate of drug-likeness (QED) is 0.817. The van der Waals surface area contributed by atoms with Crippen molar-refractivity contribution in [3.63, 3.8) is 0 Å². The molecule has 0 spiro atoms. The highest BCUT2D eigenvalue weighted by atomic mass is 19.1. The molecule has 1 aromatic carbocycles. The van der Waals surface area contributed by atoms with Gasteiger partial charge in [0.25, 0.3) is 5.91 Å². The summed E-state index contributed by atoms with van der Waals surface area (Å²) in [6.07, 6.45) is 1.27. The minimum atomic E-state index is -0.580. The minimum Gasteiger partial charge on any atom is -0.387 e. The highest BCUT2D eigenvalue weighted by Crippen LogP contribution is 2.16. The molecule has 2 aromatic rings. The fourth-order valence-corrected chi connectivity index (χ4v) is 1.55. The summed E-state index contributed by atoms with van der Waals surface area (Å²) in [5, 5.41) is 5.59. The molecule has 0 aliphatic carbocycles. The number of pyridine rings is 1. The maximum Gasteiger partial charge on any atom is 0.257 e. The number of anilines is 2. The lowest BCUT2D eigenvalue weighted by molar-refractivity contribution is 0.102. The number of hydrogen-bond donors (Lipinski definition) is 2. The van der Waals surface area contributed by atoms with Crippen LogP contribution in [-0.4, -0.2) is 17.9 Å². The molecule has 1 amide bonds. The van der Waals surface area contributed by atoms with Crippen LogP contribution in [0.15, 0.2) is 42.6 Å². The Kier molecular flexibility index (Phi) is 3.52. The Bertz CT molecular complexity index is 554. The van der Waals surface area contributed by atoms with E-state index in [9.17, 15) is 9.18 Å². The Labute approximate surface area is 104 Å². The van der Waals surface area contributed by atoms with Crippen molar-refractivity contribution in [1.29, 1.82) is 0 Å². The second kappa shape index (κ2) is 5.27. The van der Waals surface area contributed by atoms with Gasteiger partial charge < -0.3 is 10.6 Å². The number of aromatic nitrogens is 1. The van der Waals surface area contributed by atoms with Gasteiger partial charge in [-0.3, -0.25) is 4.79 Å². The number of hydrogen-bond acceptors (Lipinski definition) is 3. The van der Waals surface area contributed by atoms with Crippen LogP contribution < -0.4 is 10.6 Å². The Hall–Kier alpha value is -2.43. The lowest BCUT2D eigenvalue weighted by Gasteiger charge is -2.09. The first-order valence-electron chi connectivity index (χ1n) is 5.40. The number of benzene rings is 1. The predicted molar refractivity (Wildman–Crippen MR) is 68.1 cm³/mol. The molecule has 1 heterocycles. The zero-order valence-corrected chi connectivity index (χ0v) is 9.77. The summed E-state index contributed by atoms with van der Waals surface area (Å²) >= 11 is 0. The molecule has 0 atom stereocenters. The third-order valence-corrected chi connectivity index (χ3v) is 2.43. The number of nitrogens with one attached hydrogen (secondary N) is 2. The van der Waals surface area contributed by atoms with Gasteiger partial charge in [0.15, 0.2) is 0 Å². The van der Waals surface area contributed by atoms with E-state index in [1.165, 1.54) is 18.3 Å². The SMILES string of the molecule is CNc1ccccc1C(=O)Nc1ccc(F)nc1. The van der Waals surface area contributed by atoms with Crippen molar-refractivity contribution < 1.29 is 9.18 Å². The van der Waals surface area contributed by atoms with Crippen LogP contribution in [0.2, 0.25) is 0 Å². The number of carbonyl (C=O) groups is 1. The van der Waals surface area contributed by atoms with E-state index in [-0.39, 0.29) is 5.91 Å². The standard InChI is InChI=1S/C13H12FN3O/c1-15-11-5-3-2-4-10(11)13(18)17-9-6-7-12(14)16-8-9/h2-8,15H,1H3,(H,17,18). The van der Waals surface area contributed by atoms with Gasteiger partial charge in [0, 0.05) is 12.7 Å². The molecule has 0 saturated heterocycles. The maximum atomic E-state index is 12.6. The van der Waals surface area contributed by atoms with Gasteiger partial charge in [-0.25, -0.2) is 4.98 Å². The first-order chi connectivity index (χ1) is 8.70. The highest BCUT2D eigenvalue weighted by Gasteiger charge is 2.10. The third-order valence-electron chi connectivity index (χ3n) is 2.43. The summed E-state index contributed by atoms with van der Waals surface area (Å²) in [4.78, 5) is 15.5. The van der Waals surface area contributed by atoms with E-state index in [2.05, 4.69) is 15.6 Å². The topological polar surface area (TPSA) is 54.0 Å². The summed E-state index contributed by atoms with van der Waals surface area (Å²) < 4.78 is 12.6. The van der Waals surface area contributed by atoms with Crippen molar-refractivity contribution in [2.45, 2.75) is 0 Å². The van der Waals surface area contributed by atoms with E-state index in [0.29, 0.717) is 11.3 Å². The molecule has 5 heteroatoms. The number of para-hydroxylation sites is 1. The van der Waals surface area contributed by atoms with E-state index in [4.69, 9.17) is 0 Å². The zero-order valence-electron chi connectivity index (χ0n) is 9.77. The van der Waals surface area contributed by atoms with Crippen LogP contribution in [-0.2, 0) is 0 Å². The first-order valence-corrected chi connectivity index (χ1v) is 5.40. The Morgan fingerprint density at radius 3 is 2.67 bits per heavy atom. The van der Waals surface area contributed by atoms with Crippen LogP contribution in [0.1, 0.15) is 10.4 Å². The first kappa shape index (κ1) is 12.0. The molecular formula is C13H12FN3O. The van der Waals surface area contributed by atoms with Crippen LogP contribution in [0.3, 0.4) is 0 Å².